The summed E-state index contributed by atoms with van der Waals surface area (Å²) in [5.74, 6) is -0.721. The first-order valence-corrected chi connectivity index (χ1v) is 9.15. The van der Waals surface area contributed by atoms with Crippen LogP contribution in [0.25, 0.3) is 0 Å². The molecular weight excluding hydrogens is 395 g/mol. The summed E-state index contributed by atoms with van der Waals surface area (Å²) < 4.78 is 26.2. The highest BCUT2D eigenvalue weighted by Crippen LogP contribution is 2.37. The second-order valence-electron chi connectivity index (χ2n) is 6.23. The topological polar surface area (TPSA) is 87.6 Å². The van der Waals surface area contributed by atoms with Crippen molar-refractivity contribution in [1.82, 2.24) is 0 Å². The number of anilines is 1. The lowest BCUT2D eigenvalue weighted by Gasteiger charge is -2.14. The number of primary amides is 1. The standard InChI is InChI=1S/C22H19ClFN2O3/c23-17-9-6-15(7-11-20(26)27)21(24)22(17)29-16-8-10-18(25)19(12-16)28-13-14-4-2-1-3-5-14/h1-10,12H,11,13,25H2,(H2,26,27). The molecule has 0 saturated heterocycles. The predicted molar refractivity (Wildman–Crippen MR) is 110 cm³/mol. The number of benzene rings is 3. The Morgan fingerprint density at radius 1 is 1.10 bits per heavy atom. The molecule has 0 saturated carbocycles. The zero-order valence-corrected chi connectivity index (χ0v) is 16.2. The van der Waals surface area contributed by atoms with Crippen LogP contribution in [-0.4, -0.2) is 5.91 Å². The van der Waals surface area contributed by atoms with Gasteiger partial charge >= 0.3 is 0 Å². The minimum absolute atomic E-state index is 0.0855. The molecule has 29 heavy (non-hydrogen) atoms. The van der Waals surface area contributed by atoms with Crippen molar-refractivity contribution in [2.45, 2.75) is 13.0 Å². The Morgan fingerprint density at radius 3 is 2.59 bits per heavy atom. The summed E-state index contributed by atoms with van der Waals surface area (Å²) in [5.41, 5.74) is 12.6. The molecule has 149 valence electrons. The third-order valence-electron chi connectivity index (χ3n) is 4.04. The summed E-state index contributed by atoms with van der Waals surface area (Å²) in [6.07, 6.45) is 1.27. The zero-order chi connectivity index (χ0) is 20.8. The number of amides is 1. The molecule has 0 aromatic heterocycles. The smallest absolute Gasteiger partial charge is 0.218 e. The first-order chi connectivity index (χ1) is 13.9. The van der Waals surface area contributed by atoms with Gasteiger partial charge in [-0.05, 0) is 29.3 Å². The van der Waals surface area contributed by atoms with Crippen LogP contribution in [0.5, 0.6) is 17.2 Å². The fourth-order valence-electron chi connectivity index (χ4n) is 2.57. The molecule has 3 aromatic carbocycles. The van der Waals surface area contributed by atoms with Crippen LogP contribution < -0.4 is 20.9 Å². The maximum atomic E-state index is 14.8. The molecule has 3 aromatic rings. The molecule has 0 aliphatic rings. The largest absolute Gasteiger partial charge is 0.487 e. The average molecular weight is 414 g/mol. The summed E-state index contributed by atoms with van der Waals surface area (Å²) in [6.45, 7) is 0.321. The van der Waals surface area contributed by atoms with Gasteiger partial charge in [0, 0.05) is 18.9 Å². The van der Waals surface area contributed by atoms with Crippen molar-refractivity contribution in [3.8, 4) is 17.2 Å². The van der Waals surface area contributed by atoms with Gasteiger partial charge in [-0.1, -0.05) is 48.0 Å². The Balaban J connectivity index is 1.79. The minimum Gasteiger partial charge on any atom is -0.487 e. The third kappa shape index (κ3) is 5.39. The van der Waals surface area contributed by atoms with Crippen LogP contribution in [-0.2, 0) is 11.4 Å². The van der Waals surface area contributed by atoms with Crippen LogP contribution in [0, 0.1) is 12.2 Å². The van der Waals surface area contributed by atoms with Gasteiger partial charge in [0.05, 0.1) is 10.7 Å². The number of rotatable bonds is 8. The highest BCUT2D eigenvalue weighted by atomic mass is 35.5. The van der Waals surface area contributed by atoms with E-state index in [2.05, 4.69) is 0 Å². The van der Waals surface area contributed by atoms with E-state index < -0.39 is 11.7 Å². The molecule has 1 amide bonds. The van der Waals surface area contributed by atoms with E-state index in [-0.39, 0.29) is 22.8 Å². The fraction of sp³-hybridized carbons (Fsp3) is 0.0909. The quantitative estimate of drug-likeness (QED) is 0.516. The third-order valence-corrected chi connectivity index (χ3v) is 4.34. The van der Waals surface area contributed by atoms with Gasteiger partial charge in [-0.3, -0.25) is 4.79 Å². The molecule has 0 bridgehead atoms. The van der Waals surface area contributed by atoms with E-state index in [0.29, 0.717) is 23.8 Å². The first-order valence-electron chi connectivity index (χ1n) is 8.77. The second-order valence-corrected chi connectivity index (χ2v) is 6.64. The zero-order valence-electron chi connectivity index (χ0n) is 15.4. The Bertz CT molecular complexity index is 1010. The van der Waals surface area contributed by atoms with Crippen molar-refractivity contribution >= 4 is 23.2 Å². The predicted octanol–water partition coefficient (Wildman–Crippen LogP) is 4.86. The van der Waals surface area contributed by atoms with E-state index >= 15 is 0 Å². The van der Waals surface area contributed by atoms with Crippen molar-refractivity contribution in [1.29, 1.82) is 0 Å². The number of halogens is 2. The van der Waals surface area contributed by atoms with E-state index in [4.69, 9.17) is 32.5 Å². The molecule has 0 atom stereocenters. The molecule has 7 heteroatoms. The highest BCUT2D eigenvalue weighted by molar-refractivity contribution is 6.32. The number of nitrogen functional groups attached to an aromatic ring is 1. The molecule has 0 heterocycles. The van der Waals surface area contributed by atoms with Gasteiger partial charge in [0.15, 0.2) is 11.6 Å². The molecule has 0 aliphatic heterocycles. The number of nitrogens with two attached hydrogens (primary N) is 2. The molecular formula is C22H19ClFN2O3. The van der Waals surface area contributed by atoms with Crippen molar-refractivity contribution in [3.63, 3.8) is 0 Å². The molecule has 0 aliphatic carbocycles. The highest BCUT2D eigenvalue weighted by Gasteiger charge is 2.16. The monoisotopic (exact) mass is 413 g/mol. The van der Waals surface area contributed by atoms with Gasteiger partial charge in [-0.25, -0.2) is 4.39 Å². The lowest BCUT2D eigenvalue weighted by Crippen LogP contribution is -2.10. The van der Waals surface area contributed by atoms with Crippen LogP contribution in [0.1, 0.15) is 17.5 Å². The van der Waals surface area contributed by atoms with Crippen LogP contribution in [0.3, 0.4) is 0 Å². The van der Waals surface area contributed by atoms with Crippen molar-refractivity contribution in [2.75, 3.05) is 5.73 Å². The van der Waals surface area contributed by atoms with Crippen molar-refractivity contribution in [3.05, 3.63) is 89.1 Å². The molecule has 0 spiro atoms. The normalized spacial score (nSPS) is 10.6. The van der Waals surface area contributed by atoms with E-state index in [1.807, 2.05) is 30.3 Å². The molecule has 5 nitrogen and oxygen atoms in total. The maximum absolute atomic E-state index is 14.8. The molecule has 4 N–H and O–H groups in total. The molecule has 0 fully saturated rings. The number of carbonyl (C=O) groups excluding carboxylic acids is 1. The van der Waals surface area contributed by atoms with Crippen LogP contribution in [0.15, 0.2) is 60.7 Å². The van der Waals surface area contributed by atoms with E-state index in [0.717, 1.165) is 5.56 Å². The minimum atomic E-state index is -0.692. The summed E-state index contributed by atoms with van der Waals surface area (Å²) in [5, 5.41) is 0.0855. The van der Waals surface area contributed by atoms with Gasteiger partial charge in [0.2, 0.25) is 5.91 Å². The van der Waals surface area contributed by atoms with Crippen LogP contribution in [0.2, 0.25) is 5.02 Å². The summed E-state index contributed by atoms with van der Waals surface area (Å²) in [4.78, 5) is 10.9. The van der Waals surface area contributed by atoms with E-state index in [1.165, 1.54) is 18.6 Å². The first kappa shape index (κ1) is 20.5. The van der Waals surface area contributed by atoms with Gasteiger partial charge in [-0.15, -0.1) is 0 Å². The van der Waals surface area contributed by atoms with E-state index in [1.54, 1.807) is 18.2 Å². The van der Waals surface area contributed by atoms with Gasteiger partial charge < -0.3 is 20.9 Å². The van der Waals surface area contributed by atoms with E-state index in [9.17, 15) is 9.18 Å². The van der Waals surface area contributed by atoms with Crippen LogP contribution in [0.4, 0.5) is 10.1 Å². The van der Waals surface area contributed by atoms with Crippen molar-refractivity contribution < 1.29 is 18.7 Å². The Kier molecular flexibility index (Phi) is 6.57. The van der Waals surface area contributed by atoms with Crippen LogP contribution >= 0.6 is 11.6 Å². The average Bonchev–Trinajstić information content (AvgIpc) is 2.71. The fourth-order valence-corrected chi connectivity index (χ4v) is 2.75. The molecule has 1 radical (unpaired) electrons. The number of hydrogen-bond donors (Lipinski definition) is 2. The Hall–Kier alpha value is -3.25. The summed E-state index contributed by atoms with van der Waals surface area (Å²) in [7, 11) is 0. The lowest BCUT2D eigenvalue weighted by atomic mass is 10.1. The number of hydrogen-bond acceptors (Lipinski definition) is 4. The molecule has 0 unspecified atom stereocenters. The van der Waals surface area contributed by atoms with Crippen molar-refractivity contribution in [2.24, 2.45) is 5.73 Å². The lowest BCUT2D eigenvalue weighted by molar-refractivity contribution is -0.117. The van der Waals surface area contributed by atoms with Gasteiger partial charge in [0.1, 0.15) is 18.1 Å². The number of carbonyl (C=O) groups is 1. The molecule has 3 rings (SSSR count). The maximum Gasteiger partial charge on any atom is 0.218 e. The SMILES string of the molecule is NC(=O)C[CH]c1ccc(Cl)c(Oc2ccc(N)c(OCc3ccccc3)c2)c1F. The summed E-state index contributed by atoms with van der Waals surface area (Å²) >= 11 is 6.10. The van der Waals surface area contributed by atoms with Gasteiger partial charge in [-0.2, -0.15) is 0 Å². The Morgan fingerprint density at radius 2 is 1.86 bits per heavy atom. The Labute approximate surface area is 173 Å². The summed E-state index contributed by atoms with van der Waals surface area (Å²) in [6, 6.07) is 17.3. The van der Waals surface area contributed by atoms with Gasteiger partial charge in [0.25, 0.3) is 0 Å². The number of ether oxygens (including phenoxy) is 2. The second kappa shape index (κ2) is 9.30.